The van der Waals surface area contributed by atoms with E-state index in [0.717, 1.165) is 55.7 Å². The number of amides is 2. The summed E-state index contributed by atoms with van der Waals surface area (Å²) in [5.74, 6) is 2.77. The second kappa shape index (κ2) is 10.5. The van der Waals surface area contributed by atoms with E-state index in [2.05, 4.69) is 20.9 Å². The quantitative estimate of drug-likeness (QED) is 0.600. The van der Waals surface area contributed by atoms with Crippen LogP contribution in [0.1, 0.15) is 32.9 Å². The third-order valence-corrected chi connectivity index (χ3v) is 8.10. The number of rotatable bonds is 4. The summed E-state index contributed by atoms with van der Waals surface area (Å²) in [7, 11) is 0. The molecule has 0 aromatic carbocycles. The van der Waals surface area contributed by atoms with Gasteiger partial charge in [-0.2, -0.15) is 5.10 Å². The van der Waals surface area contributed by atoms with Crippen LogP contribution in [0.2, 0.25) is 0 Å². The van der Waals surface area contributed by atoms with E-state index in [1.807, 2.05) is 49.4 Å². The van der Waals surface area contributed by atoms with Crippen LogP contribution in [0.25, 0.3) is 5.69 Å². The van der Waals surface area contributed by atoms with E-state index in [1.165, 1.54) is 0 Å². The number of pyridine rings is 1. The van der Waals surface area contributed by atoms with Crippen molar-refractivity contribution in [2.45, 2.75) is 51.8 Å². The zero-order chi connectivity index (χ0) is 26.2. The zero-order valence-electron chi connectivity index (χ0n) is 22.2. The van der Waals surface area contributed by atoms with Gasteiger partial charge in [0.15, 0.2) is 0 Å². The first-order valence-electron chi connectivity index (χ1n) is 13.0. The normalized spacial score (nSPS) is 23.1. The Morgan fingerprint density at radius 2 is 1.81 bits per heavy atom. The summed E-state index contributed by atoms with van der Waals surface area (Å²) >= 11 is 1.76. The molecule has 0 unspecified atom stereocenters. The summed E-state index contributed by atoms with van der Waals surface area (Å²) in [6.07, 6.45) is 3.81. The van der Waals surface area contributed by atoms with Gasteiger partial charge < -0.3 is 14.5 Å². The van der Waals surface area contributed by atoms with Crippen LogP contribution >= 0.6 is 11.8 Å². The number of carbonyl (C=O) groups is 2. The molecule has 0 saturated carbocycles. The van der Waals surface area contributed by atoms with E-state index in [-0.39, 0.29) is 11.9 Å². The highest BCUT2D eigenvalue weighted by Crippen LogP contribution is 2.29. The van der Waals surface area contributed by atoms with Crippen molar-refractivity contribution in [3.05, 3.63) is 36.3 Å². The molecule has 2 amide bonds. The molecule has 37 heavy (non-hydrogen) atoms. The third kappa shape index (κ3) is 5.72. The molecule has 0 spiro atoms. The van der Waals surface area contributed by atoms with Crippen LogP contribution in [-0.4, -0.2) is 110 Å². The van der Waals surface area contributed by atoms with E-state index in [1.54, 1.807) is 29.1 Å². The Bertz CT molecular complexity index is 1110. The lowest BCUT2D eigenvalue weighted by molar-refractivity contribution is -0.134. The Morgan fingerprint density at radius 3 is 2.46 bits per heavy atom. The molecule has 0 bridgehead atoms. The number of thioether (sulfide) groups is 1. The van der Waals surface area contributed by atoms with E-state index in [9.17, 15) is 9.59 Å². The molecule has 0 N–H and O–H groups in total. The average molecular weight is 528 g/mol. The standard InChI is InChI=1S/C26H37N7O3S/c1-19-15-23(33(28-19)20-5-7-27-8-6-20)30-11-9-29(10-12-30)21-16-22(24(34)31-13-14-37-18-31)32(17-21)25(35)36-26(2,3)4/h5-8,15,21-22H,9-14,16-18H2,1-4H3/t21-,22-/m0/s1. The molecular formula is C26H37N7O3S. The van der Waals surface area contributed by atoms with Gasteiger partial charge in [-0.25, -0.2) is 9.48 Å². The van der Waals surface area contributed by atoms with Crippen LogP contribution in [-0.2, 0) is 9.53 Å². The van der Waals surface area contributed by atoms with Crippen LogP contribution in [0.3, 0.4) is 0 Å². The topological polar surface area (TPSA) is 87.0 Å². The Hall–Kier alpha value is -2.79. The number of hydrogen-bond donors (Lipinski definition) is 0. The first kappa shape index (κ1) is 25.8. The van der Waals surface area contributed by atoms with Gasteiger partial charge in [-0.3, -0.25) is 19.6 Å². The van der Waals surface area contributed by atoms with Crippen molar-refractivity contribution in [1.29, 1.82) is 0 Å². The van der Waals surface area contributed by atoms with Gasteiger partial charge >= 0.3 is 6.09 Å². The summed E-state index contributed by atoms with van der Waals surface area (Å²) in [4.78, 5) is 39.0. The molecule has 5 rings (SSSR count). The molecule has 3 fully saturated rings. The van der Waals surface area contributed by atoms with Crippen molar-refractivity contribution in [3.63, 3.8) is 0 Å². The van der Waals surface area contributed by atoms with Crippen molar-refractivity contribution in [2.24, 2.45) is 0 Å². The highest BCUT2D eigenvalue weighted by Gasteiger charge is 2.45. The number of aromatic nitrogens is 3. The fraction of sp³-hybridized carbons (Fsp3) is 0.615. The minimum Gasteiger partial charge on any atom is -0.444 e. The molecule has 5 heterocycles. The highest BCUT2D eigenvalue weighted by molar-refractivity contribution is 7.99. The van der Waals surface area contributed by atoms with Gasteiger partial charge in [0.05, 0.1) is 17.3 Å². The predicted octanol–water partition coefficient (Wildman–Crippen LogP) is 2.61. The lowest BCUT2D eigenvalue weighted by Gasteiger charge is -2.38. The minimum absolute atomic E-state index is 0.0497. The van der Waals surface area contributed by atoms with Crippen LogP contribution in [0.15, 0.2) is 30.6 Å². The molecule has 200 valence electrons. The van der Waals surface area contributed by atoms with Crippen molar-refractivity contribution >= 4 is 29.6 Å². The van der Waals surface area contributed by atoms with E-state index in [4.69, 9.17) is 9.84 Å². The highest BCUT2D eigenvalue weighted by atomic mass is 32.2. The Kier molecular flexibility index (Phi) is 7.35. The largest absolute Gasteiger partial charge is 0.444 e. The number of carbonyl (C=O) groups excluding carboxylic acids is 2. The first-order chi connectivity index (χ1) is 17.7. The van der Waals surface area contributed by atoms with Gasteiger partial charge in [0.2, 0.25) is 5.91 Å². The lowest BCUT2D eigenvalue weighted by Crippen LogP contribution is -2.51. The molecule has 10 nitrogen and oxygen atoms in total. The van der Waals surface area contributed by atoms with Crippen LogP contribution in [0, 0.1) is 6.92 Å². The smallest absolute Gasteiger partial charge is 0.411 e. The third-order valence-electron chi connectivity index (χ3n) is 7.13. The lowest BCUT2D eigenvalue weighted by atomic mass is 10.1. The zero-order valence-corrected chi connectivity index (χ0v) is 23.0. The van der Waals surface area contributed by atoms with Crippen molar-refractivity contribution in [2.75, 3.05) is 55.8 Å². The van der Waals surface area contributed by atoms with E-state index in [0.29, 0.717) is 18.8 Å². The van der Waals surface area contributed by atoms with Crippen molar-refractivity contribution in [3.8, 4) is 5.69 Å². The number of anilines is 1. The van der Waals surface area contributed by atoms with Crippen molar-refractivity contribution < 1.29 is 14.3 Å². The molecule has 2 atom stereocenters. The fourth-order valence-corrected chi connectivity index (χ4v) is 6.29. The van der Waals surface area contributed by atoms with Crippen LogP contribution in [0.5, 0.6) is 0 Å². The Labute approximate surface area is 222 Å². The Balaban J connectivity index is 1.27. The van der Waals surface area contributed by atoms with E-state index < -0.39 is 17.7 Å². The molecule has 0 aliphatic carbocycles. The molecule has 11 heteroatoms. The first-order valence-corrected chi connectivity index (χ1v) is 14.2. The summed E-state index contributed by atoms with van der Waals surface area (Å²) in [6, 6.07) is 5.72. The van der Waals surface area contributed by atoms with Gasteiger partial charge in [-0.05, 0) is 46.2 Å². The van der Waals surface area contributed by atoms with Crippen molar-refractivity contribution in [1.82, 2.24) is 29.5 Å². The fourth-order valence-electron chi connectivity index (χ4n) is 5.34. The number of nitrogens with zero attached hydrogens (tertiary/aromatic N) is 7. The van der Waals surface area contributed by atoms with Gasteiger partial charge in [-0.1, -0.05) is 0 Å². The number of ether oxygens (including phenoxy) is 1. The number of hydrogen-bond acceptors (Lipinski definition) is 8. The number of aryl methyl sites for hydroxylation is 1. The molecule has 2 aromatic heterocycles. The number of piperazine rings is 1. The second-order valence-corrected chi connectivity index (χ2v) is 12.0. The maximum Gasteiger partial charge on any atom is 0.411 e. The second-order valence-electron chi connectivity index (χ2n) is 11.0. The maximum atomic E-state index is 13.4. The summed E-state index contributed by atoms with van der Waals surface area (Å²) in [5, 5.41) is 4.71. The molecule has 3 aliphatic heterocycles. The Morgan fingerprint density at radius 1 is 1.08 bits per heavy atom. The molecular weight excluding hydrogens is 490 g/mol. The van der Waals surface area contributed by atoms with Crippen LogP contribution in [0.4, 0.5) is 10.6 Å². The molecule has 3 saturated heterocycles. The van der Waals surface area contributed by atoms with Gasteiger partial charge in [0.25, 0.3) is 0 Å². The van der Waals surface area contributed by atoms with Crippen LogP contribution < -0.4 is 4.90 Å². The molecule has 0 radical (unpaired) electrons. The summed E-state index contributed by atoms with van der Waals surface area (Å²) < 4.78 is 7.68. The van der Waals surface area contributed by atoms with Gasteiger partial charge in [0.1, 0.15) is 17.5 Å². The number of likely N-dealkylation sites (tertiary alicyclic amines) is 1. The predicted molar refractivity (Wildman–Crippen MR) is 144 cm³/mol. The summed E-state index contributed by atoms with van der Waals surface area (Å²) in [5.41, 5.74) is 1.36. The van der Waals surface area contributed by atoms with Gasteiger partial charge in [-0.15, -0.1) is 11.8 Å². The average Bonchev–Trinajstić information content (AvgIpc) is 3.63. The van der Waals surface area contributed by atoms with Gasteiger partial charge in [0, 0.05) is 69.5 Å². The molecule has 2 aromatic rings. The maximum absolute atomic E-state index is 13.4. The SMILES string of the molecule is Cc1cc(N2CCN([C@H]3C[C@@H](C(=O)N4CCSC4)N(C(=O)OC(C)(C)C)C3)CC2)n(-c2ccncc2)n1. The minimum atomic E-state index is -0.603. The summed E-state index contributed by atoms with van der Waals surface area (Å²) in [6.45, 7) is 12.3. The monoisotopic (exact) mass is 527 g/mol. The molecule has 3 aliphatic rings. The van der Waals surface area contributed by atoms with E-state index >= 15 is 0 Å².